The van der Waals surface area contributed by atoms with Crippen LogP contribution in [0, 0.1) is 5.82 Å². The quantitative estimate of drug-likeness (QED) is 0.780. The van der Waals surface area contributed by atoms with Gasteiger partial charge in [0.05, 0.1) is 22.1 Å². The summed E-state index contributed by atoms with van der Waals surface area (Å²) in [6.07, 6.45) is 0. The Labute approximate surface area is 128 Å². The maximum absolute atomic E-state index is 13.2. The van der Waals surface area contributed by atoms with E-state index < -0.39 is 15.8 Å². The van der Waals surface area contributed by atoms with Crippen molar-refractivity contribution in [1.82, 2.24) is 0 Å². The van der Waals surface area contributed by atoms with Crippen molar-refractivity contribution < 1.29 is 12.8 Å². The van der Waals surface area contributed by atoms with Gasteiger partial charge in [-0.25, -0.2) is 12.8 Å². The lowest BCUT2D eigenvalue weighted by Gasteiger charge is -2.11. The lowest BCUT2D eigenvalue weighted by Crippen LogP contribution is -2.13. The summed E-state index contributed by atoms with van der Waals surface area (Å²) in [6, 6.07) is 8.06. The number of halogens is 2. The lowest BCUT2D eigenvalue weighted by atomic mass is 10.3. The molecule has 0 atom stereocenters. The van der Waals surface area contributed by atoms with Gasteiger partial charge < -0.3 is 0 Å². The smallest absolute Gasteiger partial charge is 0.264 e. The van der Waals surface area contributed by atoms with Crippen LogP contribution in [0.3, 0.4) is 0 Å². The molecule has 0 amide bonds. The van der Waals surface area contributed by atoms with Gasteiger partial charge in [0.1, 0.15) is 22.1 Å². The summed E-state index contributed by atoms with van der Waals surface area (Å²) in [5.41, 5.74) is 0.715. The summed E-state index contributed by atoms with van der Waals surface area (Å²) in [5, 5.41) is 0.101. The minimum Gasteiger partial charge on any atom is -0.278 e. The van der Waals surface area contributed by atoms with E-state index in [0.29, 0.717) is 5.69 Å². The topological polar surface area (TPSA) is 70.9 Å². The fraction of sp³-hybridized carbons (Fsp3) is 0. The van der Waals surface area contributed by atoms with Crippen LogP contribution >= 0.6 is 11.6 Å². The van der Waals surface area contributed by atoms with Gasteiger partial charge in [-0.3, -0.25) is 4.72 Å². The zero-order valence-corrected chi connectivity index (χ0v) is 12.6. The molecule has 0 spiro atoms. The van der Waals surface area contributed by atoms with E-state index in [-0.39, 0.29) is 21.3 Å². The predicted octanol–water partition coefficient (Wildman–Crippen LogP) is 4.01. The van der Waals surface area contributed by atoms with Crippen molar-refractivity contribution in [3.05, 3.63) is 47.2 Å². The second-order valence-electron chi connectivity index (χ2n) is 4.12. The third-order valence-corrected chi connectivity index (χ3v) is 4.98. The normalized spacial score (nSPS) is 12.9. The van der Waals surface area contributed by atoms with E-state index in [4.69, 9.17) is 11.6 Å². The SMILES string of the molecule is O=S(=O)(Nc1cc(F)ccc1Cl)c1cccc2c1N=S=N2. The highest BCUT2D eigenvalue weighted by Crippen LogP contribution is 2.38. The minimum absolute atomic E-state index is 0.0307. The zero-order valence-electron chi connectivity index (χ0n) is 10.2. The molecule has 0 fully saturated rings. The fourth-order valence-electron chi connectivity index (χ4n) is 1.77. The monoisotopic (exact) mass is 343 g/mol. The van der Waals surface area contributed by atoms with E-state index in [1.54, 1.807) is 12.1 Å². The molecule has 108 valence electrons. The summed E-state index contributed by atoms with van der Waals surface area (Å²) >= 11 is 6.78. The second-order valence-corrected chi connectivity index (χ2v) is 6.70. The Morgan fingerprint density at radius 2 is 2.00 bits per heavy atom. The summed E-state index contributed by atoms with van der Waals surface area (Å²) in [5.74, 6) is -0.592. The molecule has 0 saturated heterocycles. The summed E-state index contributed by atoms with van der Waals surface area (Å²) in [6.45, 7) is 0. The molecule has 0 saturated carbocycles. The Kier molecular flexibility index (Phi) is 3.52. The van der Waals surface area contributed by atoms with Gasteiger partial charge in [0.2, 0.25) is 0 Å². The molecular weight excluding hydrogens is 337 g/mol. The minimum atomic E-state index is -3.95. The van der Waals surface area contributed by atoms with Gasteiger partial charge in [0, 0.05) is 0 Å². The highest BCUT2D eigenvalue weighted by molar-refractivity contribution is 7.93. The van der Waals surface area contributed by atoms with Crippen molar-refractivity contribution in [1.29, 1.82) is 0 Å². The number of benzene rings is 2. The molecule has 5 nitrogen and oxygen atoms in total. The van der Waals surface area contributed by atoms with E-state index >= 15 is 0 Å². The van der Waals surface area contributed by atoms with Crippen molar-refractivity contribution in [2.24, 2.45) is 8.73 Å². The molecule has 0 aromatic heterocycles. The van der Waals surface area contributed by atoms with E-state index in [2.05, 4.69) is 13.4 Å². The first-order chi connectivity index (χ1) is 9.97. The Hall–Kier alpha value is -1.77. The number of anilines is 1. The Morgan fingerprint density at radius 3 is 2.81 bits per heavy atom. The molecule has 1 aliphatic heterocycles. The average Bonchev–Trinajstić information content (AvgIpc) is 2.90. The highest BCUT2D eigenvalue weighted by Gasteiger charge is 2.23. The lowest BCUT2D eigenvalue weighted by molar-refractivity contribution is 0.601. The molecule has 1 aliphatic rings. The van der Waals surface area contributed by atoms with Crippen LogP contribution in [0.1, 0.15) is 0 Å². The van der Waals surface area contributed by atoms with Crippen LogP contribution in [0.15, 0.2) is 50.0 Å². The fourth-order valence-corrected chi connectivity index (χ4v) is 3.83. The Balaban J connectivity index is 2.05. The summed E-state index contributed by atoms with van der Waals surface area (Å²) in [4.78, 5) is -0.0333. The zero-order chi connectivity index (χ0) is 15.0. The number of fused-ring (bicyclic) bond motifs is 1. The Morgan fingerprint density at radius 1 is 1.19 bits per heavy atom. The molecule has 0 radical (unpaired) electrons. The molecule has 9 heteroatoms. The third kappa shape index (κ3) is 2.69. The first kappa shape index (κ1) is 14.2. The summed E-state index contributed by atoms with van der Waals surface area (Å²) < 4.78 is 48.3. The highest BCUT2D eigenvalue weighted by atomic mass is 35.5. The molecule has 0 aliphatic carbocycles. The van der Waals surface area contributed by atoms with Gasteiger partial charge in [-0.2, -0.15) is 8.73 Å². The van der Waals surface area contributed by atoms with Crippen LogP contribution in [0.25, 0.3) is 0 Å². The van der Waals surface area contributed by atoms with Crippen LogP contribution in [-0.2, 0) is 21.4 Å². The number of rotatable bonds is 3. The van der Waals surface area contributed by atoms with Crippen molar-refractivity contribution in [3.63, 3.8) is 0 Å². The van der Waals surface area contributed by atoms with Crippen molar-refractivity contribution in [2.75, 3.05) is 4.72 Å². The molecular formula is C12H7ClFN3O2S2. The van der Waals surface area contributed by atoms with Crippen molar-refractivity contribution in [3.8, 4) is 0 Å². The molecule has 0 bridgehead atoms. The van der Waals surface area contributed by atoms with Crippen molar-refractivity contribution in [2.45, 2.75) is 4.90 Å². The third-order valence-electron chi connectivity index (χ3n) is 2.71. The number of hydrogen-bond acceptors (Lipinski definition) is 4. The second kappa shape index (κ2) is 5.21. The molecule has 21 heavy (non-hydrogen) atoms. The molecule has 2 aromatic rings. The predicted molar refractivity (Wildman–Crippen MR) is 80.2 cm³/mol. The number of sulfonamides is 1. The maximum Gasteiger partial charge on any atom is 0.264 e. The van der Waals surface area contributed by atoms with Crippen molar-refractivity contribution >= 4 is 50.0 Å². The first-order valence-electron chi connectivity index (χ1n) is 5.66. The van der Waals surface area contributed by atoms with E-state index in [1.807, 2.05) is 0 Å². The van der Waals surface area contributed by atoms with Gasteiger partial charge in [-0.15, -0.1) is 0 Å². The van der Waals surface area contributed by atoms with Gasteiger partial charge in [-0.1, -0.05) is 17.7 Å². The van der Waals surface area contributed by atoms with Crippen LogP contribution in [0.4, 0.5) is 21.5 Å². The van der Waals surface area contributed by atoms with E-state index in [9.17, 15) is 12.8 Å². The standard InChI is InChI=1S/C12H7ClFN3O2S2/c13-8-5-4-7(14)6-10(8)17-21(18,19)11-3-1-2-9-12(11)16-20-15-9/h1-6,17H. The van der Waals surface area contributed by atoms with Crippen LogP contribution in [0.5, 0.6) is 0 Å². The molecule has 3 rings (SSSR count). The number of nitrogens with zero attached hydrogens (tertiary/aromatic N) is 2. The molecule has 2 aromatic carbocycles. The van der Waals surface area contributed by atoms with E-state index in [0.717, 1.165) is 23.5 Å². The summed E-state index contributed by atoms with van der Waals surface area (Å²) in [7, 11) is -3.95. The molecule has 1 heterocycles. The number of nitrogens with one attached hydrogen (secondary N) is 1. The van der Waals surface area contributed by atoms with Crippen LogP contribution in [0.2, 0.25) is 5.02 Å². The Bertz CT molecular complexity index is 909. The van der Waals surface area contributed by atoms with Gasteiger partial charge in [-0.05, 0) is 30.3 Å². The average molecular weight is 344 g/mol. The van der Waals surface area contributed by atoms with Gasteiger partial charge in [0.15, 0.2) is 0 Å². The van der Waals surface area contributed by atoms with E-state index in [1.165, 1.54) is 12.1 Å². The van der Waals surface area contributed by atoms with Gasteiger partial charge >= 0.3 is 0 Å². The van der Waals surface area contributed by atoms with Crippen LogP contribution in [-0.4, -0.2) is 8.42 Å². The molecule has 0 unspecified atom stereocenters. The largest absolute Gasteiger partial charge is 0.278 e. The maximum atomic E-state index is 13.2. The molecule has 1 N–H and O–H groups in total. The number of hydrogen-bond donors (Lipinski definition) is 1. The first-order valence-corrected chi connectivity index (χ1v) is 8.26. The van der Waals surface area contributed by atoms with Crippen LogP contribution < -0.4 is 4.72 Å². The van der Waals surface area contributed by atoms with Gasteiger partial charge in [0.25, 0.3) is 10.0 Å².